The van der Waals surface area contributed by atoms with E-state index in [1.54, 1.807) is 0 Å². The molecule has 1 N–H and O–H groups in total. The van der Waals surface area contributed by atoms with E-state index in [1.807, 2.05) is 0 Å². The maximum absolute atomic E-state index is 3.40. The van der Waals surface area contributed by atoms with E-state index >= 15 is 0 Å². The molecule has 15 heavy (non-hydrogen) atoms. The van der Waals surface area contributed by atoms with E-state index < -0.39 is 0 Å². The molecule has 0 radical (unpaired) electrons. The summed E-state index contributed by atoms with van der Waals surface area (Å²) in [4.78, 5) is 2.55. The highest BCUT2D eigenvalue weighted by Crippen LogP contribution is 2.23. The quantitative estimate of drug-likeness (QED) is 0.789. The number of nitrogens with one attached hydrogen (secondary N) is 1. The average molecular weight is 207 g/mol. The van der Waals surface area contributed by atoms with Crippen molar-refractivity contribution in [3.63, 3.8) is 0 Å². The molecule has 1 aliphatic rings. The number of aromatic nitrogens is 1. The van der Waals surface area contributed by atoms with Crippen molar-refractivity contribution in [2.24, 2.45) is 7.05 Å². The van der Waals surface area contributed by atoms with Crippen LogP contribution in [0, 0.1) is 6.92 Å². The summed E-state index contributed by atoms with van der Waals surface area (Å²) in [5.41, 5.74) is 2.86. The second-order valence-electron chi connectivity index (χ2n) is 4.46. The third kappa shape index (κ3) is 2.08. The number of hydrogen-bond donors (Lipinski definition) is 1. The molecule has 0 aliphatic carbocycles. The van der Waals surface area contributed by atoms with Crippen LogP contribution in [0.3, 0.4) is 0 Å². The lowest BCUT2D eigenvalue weighted by molar-refractivity contribution is 0.180. The standard InChI is InChI=1S/C12H21N3/c1-10-4-7-14(3)12(10)11(2)15-8-5-13-6-9-15/h4,7,11,13H,5-6,8-9H2,1-3H3. The summed E-state index contributed by atoms with van der Waals surface area (Å²) in [5.74, 6) is 0. The molecule has 1 aromatic heterocycles. The predicted molar refractivity (Wildman–Crippen MR) is 63.0 cm³/mol. The van der Waals surface area contributed by atoms with E-state index in [0.717, 1.165) is 26.2 Å². The Labute approximate surface area is 92.1 Å². The topological polar surface area (TPSA) is 20.2 Å². The molecule has 0 aromatic carbocycles. The third-order valence-electron chi connectivity index (χ3n) is 3.43. The molecule has 0 amide bonds. The molecule has 0 spiro atoms. The number of rotatable bonds is 2. The largest absolute Gasteiger partial charge is 0.353 e. The van der Waals surface area contributed by atoms with Crippen molar-refractivity contribution in [2.75, 3.05) is 26.2 Å². The van der Waals surface area contributed by atoms with Crippen molar-refractivity contribution >= 4 is 0 Å². The Morgan fingerprint density at radius 3 is 2.53 bits per heavy atom. The van der Waals surface area contributed by atoms with Crippen molar-refractivity contribution in [3.05, 3.63) is 23.5 Å². The normalized spacial score (nSPS) is 20.5. The SMILES string of the molecule is Cc1ccn(C)c1C(C)N1CCNCC1. The summed E-state index contributed by atoms with van der Waals surface area (Å²) in [7, 11) is 2.14. The molecular weight excluding hydrogens is 186 g/mol. The Bertz CT molecular complexity index is 304. The van der Waals surface area contributed by atoms with Crippen molar-refractivity contribution in [1.82, 2.24) is 14.8 Å². The zero-order valence-electron chi connectivity index (χ0n) is 9.95. The zero-order chi connectivity index (χ0) is 10.8. The first-order valence-corrected chi connectivity index (χ1v) is 5.76. The van der Waals surface area contributed by atoms with Crippen LogP contribution in [0.15, 0.2) is 12.3 Å². The molecule has 1 atom stereocenters. The lowest BCUT2D eigenvalue weighted by Gasteiger charge is -2.33. The molecule has 2 heterocycles. The smallest absolute Gasteiger partial charge is 0.0475 e. The van der Waals surface area contributed by atoms with Gasteiger partial charge >= 0.3 is 0 Å². The van der Waals surface area contributed by atoms with Crippen LogP contribution in [0.2, 0.25) is 0 Å². The highest BCUT2D eigenvalue weighted by molar-refractivity contribution is 5.23. The monoisotopic (exact) mass is 207 g/mol. The van der Waals surface area contributed by atoms with Gasteiger partial charge in [0.05, 0.1) is 0 Å². The van der Waals surface area contributed by atoms with E-state index in [-0.39, 0.29) is 0 Å². The van der Waals surface area contributed by atoms with Crippen LogP contribution in [-0.4, -0.2) is 35.6 Å². The minimum atomic E-state index is 0.534. The van der Waals surface area contributed by atoms with Crippen molar-refractivity contribution in [3.8, 4) is 0 Å². The first-order chi connectivity index (χ1) is 7.20. The van der Waals surface area contributed by atoms with Crippen LogP contribution in [0.4, 0.5) is 0 Å². The second kappa shape index (κ2) is 4.37. The molecule has 84 valence electrons. The van der Waals surface area contributed by atoms with Crippen molar-refractivity contribution in [2.45, 2.75) is 19.9 Å². The van der Waals surface area contributed by atoms with Crippen LogP contribution in [0.25, 0.3) is 0 Å². The molecule has 3 heteroatoms. The second-order valence-corrected chi connectivity index (χ2v) is 4.46. The van der Waals surface area contributed by atoms with Crippen LogP contribution in [0.5, 0.6) is 0 Å². The first kappa shape index (κ1) is 10.7. The molecule has 1 unspecified atom stereocenters. The Kier molecular flexibility index (Phi) is 3.12. The Morgan fingerprint density at radius 1 is 1.33 bits per heavy atom. The van der Waals surface area contributed by atoms with Gasteiger partial charge in [0.15, 0.2) is 0 Å². The fourth-order valence-electron chi connectivity index (χ4n) is 2.53. The molecule has 1 saturated heterocycles. The number of piperazine rings is 1. The number of aryl methyl sites for hydroxylation is 2. The van der Waals surface area contributed by atoms with Crippen LogP contribution < -0.4 is 5.32 Å². The highest BCUT2D eigenvalue weighted by atomic mass is 15.2. The molecule has 3 nitrogen and oxygen atoms in total. The molecule has 1 fully saturated rings. The molecule has 0 bridgehead atoms. The van der Waals surface area contributed by atoms with Gasteiger partial charge in [-0.3, -0.25) is 4.90 Å². The fraction of sp³-hybridized carbons (Fsp3) is 0.667. The van der Waals surface area contributed by atoms with Gasteiger partial charge in [0.1, 0.15) is 0 Å². The van der Waals surface area contributed by atoms with E-state index in [2.05, 4.69) is 47.9 Å². The Hall–Kier alpha value is -0.800. The van der Waals surface area contributed by atoms with Gasteiger partial charge in [-0.05, 0) is 25.5 Å². The summed E-state index contributed by atoms with van der Waals surface area (Å²) < 4.78 is 2.25. The molecular formula is C12H21N3. The molecule has 1 aliphatic heterocycles. The van der Waals surface area contributed by atoms with Crippen LogP contribution in [0.1, 0.15) is 24.2 Å². The molecule has 0 saturated carbocycles. The first-order valence-electron chi connectivity index (χ1n) is 5.76. The average Bonchev–Trinajstić information content (AvgIpc) is 2.59. The third-order valence-corrected chi connectivity index (χ3v) is 3.43. The fourth-order valence-corrected chi connectivity index (χ4v) is 2.53. The maximum Gasteiger partial charge on any atom is 0.0475 e. The minimum Gasteiger partial charge on any atom is -0.353 e. The van der Waals surface area contributed by atoms with Gasteiger partial charge < -0.3 is 9.88 Å². The zero-order valence-corrected chi connectivity index (χ0v) is 9.95. The van der Waals surface area contributed by atoms with Crippen LogP contribution >= 0.6 is 0 Å². The summed E-state index contributed by atoms with van der Waals surface area (Å²) in [6.45, 7) is 9.07. The van der Waals surface area contributed by atoms with Gasteiger partial charge in [0.25, 0.3) is 0 Å². The van der Waals surface area contributed by atoms with Gasteiger partial charge in [-0.1, -0.05) is 0 Å². The number of nitrogens with zero attached hydrogens (tertiary/aromatic N) is 2. The van der Waals surface area contributed by atoms with E-state index in [9.17, 15) is 0 Å². The van der Waals surface area contributed by atoms with E-state index in [1.165, 1.54) is 11.3 Å². The van der Waals surface area contributed by atoms with Crippen LogP contribution in [-0.2, 0) is 7.05 Å². The summed E-state index contributed by atoms with van der Waals surface area (Å²) in [6, 6.07) is 2.74. The number of hydrogen-bond acceptors (Lipinski definition) is 2. The van der Waals surface area contributed by atoms with Crippen molar-refractivity contribution in [1.29, 1.82) is 0 Å². The highest BCUT2D eigenvalue weighted by Gasteiger charge is 2.20. The van der Waals surface area contributed by atoms with Gasteiger partial charge in [0.2, 0.25) is 0 Å². The summed E-state index contributed by atoms with van der Waals surface area (Å²) in [6.07, 6.45) is 2.16. The molecule has 2 rings (SSSR count). The lowest BCUT2D eigenvalue weighted by atomic mass is 10.1. The Morgan fingerprint density at radius 2 is 2.00 bits per heavy atom. The van der Waals surface area contributed by atoms with E-state index in [0.29, 0.717) is 6.04 Å². The lowest BCUT2D eigenvalue weighted by Crippen LogP contribution is -2.44. The van der Waals surface area contributed by atoms with Gasteiger partial charge in [0, 0.05) is 51.2 Å². The predicted octanol–water partition coefficient (Wildman–Crippen LogP) is 1.30. The Balaban J connectivity index is 2.15. The maximum atomic E-state index is 3.40. The van der Waals surface area contributed by atoms with E-state index in [4.69, 9.17) is 0 Å². The van der Waals surface area contributed by atoms with Crippen molar-refractivity contribution < 1.29 is 0 Å². The van der Waals surface area contributed by atoms with Gasteiger partial charge in [-0.2, -0.15) is 0 Å². The summed E-state index contributed by atoms with van der Waals surface area (Å²) in [5, 5.41) is 3.40. The summed E-state index contributed by atoms with van der Waals surface area (Å²) >= 11 is 0. The van der Waals surface area contributed by atoms with Gasteiger partial charge in [-0.25, -0.2) is 0 Å². The van der Waals surface area contributed by atoms with Gasteiger partial charge in [-0.15, -0.1) is 0 Å². The molecule has 1 aromatic rings. The minimum absolute atomic E-state index is 0.534.